The quantitative estimate of drug-likeness (QED) is 0.254. The first kappa shape index (κ1) is 28.6. The number of morpholine rings is 1. The maximum atomic E-state index is 12.8. The van der Waals surface area contributed by atoms with Crippen LogP contribution in [-0.2, 0) is 4.74 Å². The predicted molar refractivity (Wildman–Crippen MR) is 136 cm³/mol. The van der Waals surface area contributed by atoms with Gasteiger partial charge in [-0.05, 0) is 31.3 Å². The minimum Gasteiger partial charge on any atom is -0.478 e. The summed E-state index contributed by atoms with van der Waals surface area (Å²) in [5, 5.41) is 28.1. The zero-order valence-corrected chi connectivity index (χ0v) is 20.1. The summed E-state index contributed by atoms with van der Waals surface area (Å²) in [7, 11) is 1.50. The van der Waals surface area contributed by atoms with Gasteiger partial charge >= 0.3 is 11.9 Å². The van der Waals surface area contributed by atoms with Crippen LogP contribution in [0.4, 0.5) is 11.4 Å². The van der Waals surface area contributed by atoms with Gasteiger partial charge in [0.15, 0.2) is 5.78 Å². The Labute approximate surface area is 212 Å². The Kier molecular flexibility index (Phi) is 10.9. The van der Waals surface area contributed by atoms with E-state index in [1.807, 2.05) is 11.0 Å². The SMILES string of the molecule is CN.O=C(O)c1cccc(C(=O)O)c1.O=C(c1ccccc1)c1cc([N+](=O)[O-])ccc1N1CCOCC1. The minimum absolute atomic E-state index is 0.0186. The summed E-state index contributed by atoms with van der Waals surface area (Å²) >= 11 is 0. The lowest BCUT2D eigenvalue weighted by Gasteiger charge is -2.30. The van der Waals surface area contributed by atoms with Crippen LogP contribution in [0, 0.1) is 10.1 Å². The van der Waals surface area contributed by atoms with Gasteiger partial charge in [-0.1, -0.05) is 36.4 Å². The number of nitro groups is 1. The van der Waals surface area contributed by atoms with Crippen LogP contribution in [0.3, 0.4) is 0 Å². The Balaban J connectivity index is 0.000000291. The summed E-state index contributed by atoms with van der Waals surface area (Å²) in [6, 6.07) is 18.5. The normalized spacial score (nSPS) is 12.2. The number of rotatable bonds is 6. The summed E-state index contributed by atoms with van der Waals surface area (Å²) < 4.78 is 5.33. The number of carbonyl (C=O) groups excluding carboxylic acids is 1. The summed E-state index contributed by atoms with van der Waals surface area (Å²) in [6.07, 6.45) is 0. The molecule has 4 N–H and O–H groups in total. The van der Waals surface area contributed by atoms with E-state index in [1.165, 1.54) is 37.4 Å². The van der Waals surface area contributed by atoms with Crippen molar-refractivity contribution in [3.05, 3.63) is 105 Å². The number of hydrogen-bond acceptors (Lipinski definition) is 8. The molecule has 0 radical (unpaired) electrons. The van der Waals surface area contributed by atoms with E-state index in [4.69, 9.17) is 14.9 Å². The number of nitrogens with zero attached hydrogens (tertiary/aromatic N) is 2. The average Bonchev–Trinajstić information content (AvgIpc) is 2.94. The number of ether oxygens (including phenoxy) is 1. The molecule has 0 aromatic heterocycles. The van der Waals surface area contributed by atoms with E-state index in [0.717, 1.165) is 6.07 Å². The summed E-state index contributed by atoms with van der Waals surface area (Å²) in [5.41, 5.74) is 5.97. The second-order valence-corrected chi connectivity index (χ2v) is 7.44. The van der Waals surface area contributed by atoms with Gasteiger partial charge in [-0.3, -0.25) is 14.9 Å². The number of carbonyl (C=O) groups is 3. The molecule has 3 aromatic carbocycles. The molecule has 0 aliphatic carbocycles. The third kappa shape index (κ3) is 7.95. The summed E-state index contributed by atoms with van der Waals surface area (Å²) in [6.45, 7) is 2.48. The van der Waals surface area contributed by atoms with E-state index < -0.39 is 16.9 Å². The second-order valence-electron chi connectivity index (χ2n) is 7.44. The molecule has 0 spiro atoms. The van der Waals surface area contributed by atoms with Crippen LogP contribution in [0.25, 0.3) is 0 Å². The molecule has 1 aliphatic heterocycles. The van der Waals surface area contributed by atoms with Gasteiger partial charge in [-0.2, -0.15) is 0 Å². The van der Waals surface area contributed by atoms with Crippen LogP contribution in [0.1, 0.15) is 36.6 Å². The van der Waals surface area contributed by atoms with Crippen molar-refractivity contribution in [1.82, 2.24) is 0 Å². The first-order valence-electron chi connectivity index (χ1n) is 11.1. The van der Waals surface area contributed by atoms with Gasteiger partial charge in [0.2, 0.25) is 0 Å². The summed E-state index contributed by atoms with van der Waals surface area (Å²) in [4.78, 5) is 46.2. The van der Waals surface area contributed by atoms with Crippen LogP contribution in [0.2, 0.25) is 0 Å². The monoisotopic (exact) mass is 509 g/mol. The fourth-order valence-corrected chi connectivity index (χ4v) is 3.43. The van der Waals surface area contributed by atoms with E-state index in [-0.39, 0.29) is 22.6 Å². The van der Waals surface area contributed by atoms with Gasteiger partial charge in [0.1, 0.15) is 0 Å². The number of aromatic carboxylic acids is 2. The zero-order valence-electron chi connectivity index (χ0n) is 20.1. The van der Waals surface area contributed by atoms with E-state index in [0.29, 0.717) is 43.1 Å². The molecular formula is C26H27N3O8. The fourth-order valence-electron chi connectivity index (χ4n) is 3.43. The Morgan fingerprint density at radius 1 is 0.838 bits per heavy atom. The smallest absolute Gasteiger partial charge is 0.335 e. The van der Waals surface area contributed by atoms with Gasteiger partial charge in [-0.15, -0.1) is 0 Å². The average molecular weight is 510 g/mol. The van der Waals surface area contributed by atoms with Crippen molar-refractivity contribution in [2.24, 2.45) is 5.73 Å². The molecular weight excluding hydrogens is 482 g/mol. The predicted octanol–water partition coefficient (Wildman–Crippen LogP) is 3.32. The molecule has 1 fully saturated rings. The van der Waals surface area contributed by atoms with E-state index >= 15 is 0 Å². The number of hydrogen-bond donors (Lipinski definition) is 3. The highest BCUT2D eigenvalue weighted by molar-refractivity contribution is 6.12. The van der Waals surface area contributed by atoms with Crippen molar-refractivity contribution in [2.75, 3.05) is 38.3 Å². The first-order valence-corrected chi connectivity index (χ1v) is 11.1. The Hall–Kier alpha value is -4.61. The topological polar surface area (TPSA) is 173 Å². The lowest BCUT2D eigenvalue weighted by Crippen LogP contribution is -2.37. The van der Waals surface area contributed by atoms with Gasteiger partial charge in [0.05, 0.1) is 34.8 Å². The zero-order chi connectivity index (χ0) is 27.4. The highest BCUT2D eigenvalue weighted by Crippen LogP contribution is 2.28. The van der Waals surface area contributed by atoms with Gasteiger partial charge in [-0.25, -0.2) is 9.59 Å². The van der Waals surface area contributed by atoms with Crippen molar-refractivity contribution in [3.8, 4) is 0 Å². The lowest BCUT2D eigenvalue weighted by molar-refractivity contribution is -0.384. The fraction of sp³-hybridized carbons (Fsp3) is 0.192. The highest BCUT2D eigenvalue weighted by atomic mass is 16.6. The van der Waals surface area contributed by atoms with Crippen LogP contribution in [0.5, 0.6) is 0 Å². The molecule has 1 heterocycles. The molecule has 11 heteroatoms. The Morgan fingerprint density at radius 2 is 1.38 bits per heavy atom. The molecule has 0 atom stereocenters. The summed E-state index contributed by atoms with van der Waals surface area (Å²) in [5.74, 6) is -2.47. The molecule has 0 unspecified atom stereocenters. The van der Waals surface area contributed by atoms with Crippen molar-refractivity contribution in [1.29, 1.82) is 0 Å². The number of nitrogens with two attached hydrogens (primary N) is 1. The molecule has 1 aliphatic rings. The Bertz CT molecular complexity index is 1210. The van der Waals surface area contributed by atoms with Crippen LogP contribution < -0.4 is 10.6 Å². The standard InChI is InChI=1S/C17H16N2O4.C8H6O4.CH5N/c20-17(13-4-2-1-3-5-13)15-12-14(19(21)22)6-7-16(15)18-8-10-23-11-9-18;9-7(10)5-2-1-3-6(4-5)8(11)12;1-2/h1-7,12H,8-11H2;1-4H,(H,9,10)(H,11,12);2H2,1H3. The highest BCUT2D eigenvalue weighted by Gasteiger charge is 2.22. The molecule has 194 valence electrons. The number of benzene rings is 3. The third-order valence-corrected chi connectivity index (χ3v) is 5.18. The number of ketones is 1. The molecule has 0 saturated carbocycles. The number of anilines is 1. The minimum atomic E-state index is -1.13. The Morgan fingerprint density at radius 3 is 1.89 bits per heavy atom. The molecule has 0 amide bonds. The van der Waals surface area contributed by atoms with Gasteiger partial charge in [0, 0.05) is 36.5 Å². The maximum Gasteiger partial charge on any atom is 0.335 e. The number of carboxylic acids is 2. The second kappa shape index (κ2) is 14.1. The molecule has 0 bridgehead atoms. The first-order chi connectivity index (χ1) is 17.8. The molecule has 4 rings (SSSR count). The molecule has 11 nitrogen and oxygen atoms in total. The van der Waals surface area contributed by atoms with E-state index in [1.54, 1.807) is 30.3 Å². The molecule has 1 saturated heterocycles. The number of nitro benzene ring substituents is 1. The van der Waals surface area contributed by atoms with E-state index in [2.05, 4.69) is 5.73 Å². The third-order valence-electron chi connectivity index (χ3n) is 5.18. The maximum absolute atomic E-state index is 12.8. The van der Waals surface area contributed by atoms with Crippen LogP contribution in [-0.4, -0.2) is 66.2 Å². The van der Waals surface area contributed by atoms with Gasteiger partial charge < -0.3 is 25.6 Å². The van der Waals surface area contributed by atoms with Crippen LogP contribution >= 0.6 is 0 Å². The van der Waals surface area contributed by atoms with Crippen molar-refractivity contribution in [3.63, 3.8) is 0 Å². The van der Waals surface area contributed by atoms with Crippen LogP contribution in [0.15, 0.2) is 72.8 Å². The van der Waals surface area contributed by atoms with Crippen molar-refractivity contribution < 1.29 is 34.3 Å². The largest absolute Gasteiger partial charge is 0.478 e. The molecule has 3 aromatic rings. The van der Waals surface area contributed by atoms with Gasteiger partial charge in [0.25, 0.3) is 5.69 Å². The number of carboxylic acid groups (broad SMARTS) is 2. The molecule has 37 heavy (non-hydrogen) atoms. The lowest BCUT2D eigenvalue weighted by atomic mass is 10.00. The van der Waals surface area contributed by atoms with E-state index in [9.17, 15) is 24.5 Å². The van der Waals surface area contributed by atoms with Crippen molar-refractivity contribution in [2.45, 2.75) is 0 Å². The van der Waals surface area contributed by atoms with Crippen molar-refractivity contribution >= 4 is 29.1 Å². The number of non-ortho nitro benzene ring substituents is 1.